The van der Waals surface area contributed by atoms with Gasteiger partial charge < -0.3 is 15.4 Å². The molecule has 6 heteroatoms. The quantitative estimate of drug-likeness (QED) is 0.831. The van der Waals surface area contributed by atoms with Gasteiger partial charge in [0.2, 0.25) is 0 Å². The number of benzene rings is 2. The fourth-order valence-corrected chi connectivity index (χ4v) is 2.55. The molecule has 1 heterocycles. The Hall–Kier alpha value is -1.91. The summed E-state index contributed by atoms with van der Waals surface area (Å²) in [5.74, 6) is 1.57. The van der Waals surface area contributed by atoms with E-state index >= 15 is 0 Å². The summed E-state index contributed by atoms with van der Waals surface area (Å²) in [6, 6.07) is 13.4. The molecule has 114 valence electrons. The Balaban J connectivity index is 1.51. The molecule has 0 bridgehead atoms. The lowest BCUT2D eigenvalue weighted by atomic mass is 10.1. The molecule has 4 nitrogen and oxygen atoms in total. The van der Waals surface area contributed by atoms with Gasteiger partial charge in [0.05, 0.1) is 23.1 Å². The number of fused-ring (bicyclic) bond motifs is 1. The van der Waals surface area contributed by atoms with E-state index in [1.54, 1.807) is 6.07 Å². The smallest absolute Gasteiger partial charge is 0.196 e. The van der Waals surface area contributed by atoms with E-state index in [9.17, 15) is 0 Å². The van der Waals surface area contributed by atoms with Gasteiger partial charge in [0.15, 0.2) is 5.96 Å². The summed E-state index contributed by atoms with van der Waals surface area (Å²) < 4.78 is 5.62. The van der Waals surface area contributed by atoms with Crippen LogP contribution in [0.1, 0.15) is 5.56 Å². The van der Waals surface area contributed by atoms with Crippen molar-refractivity contribution in [3.8, 4) is 5.75 Å². The zero-order valence-electron chi connectivity index (χ0n) is 11.8. The van der Waals surface area contributed by atoms with Crippen molar-refractivity contribution in [3.05, 3.63) is 58.1 Å². The van der Waals surface area contributed by atoms with Gasteiger partial charge in [-0.05, 0) is 24.3 Å². The first-order valence-corrected chi connectivity index (χ1v) is 7.70. The first-order chi connectivity index (χ1) is 10.7. The van der Waals surface area contributed by atoms with Crippen molar-refractivity contribution in [1.29, 1.82) is 0 Å². The predicted octanol–water partition coefficient (Wildman–Crippen LogP) is 3.94. The fraction of sp³-hybridized carbons (Fsp3) is 0.188. The second-order valence-electron chi connectivity index (χ2n) is 4.77. The second-order valence-corrected chi connectivity index (χ2v) is 5.55. The average molecular weight is 336 g/mol. The molecule has 2 aromatic carbocycles. The standard InChI is InChI=1S/C16H15Cl2N3O/c17-13-6-7-14-12(15(13)18)10-20-16(21-14)19-8-9-22-11-4-2-1-3-5-11/h1-7H,8-10H2,(H2,19,20,21). The number of nitrogens with one attached hydrogen (secondary N) is 2. The summed E-state index contributed by atoms with van der Waals surface area (Å²) in [4.78, 5) is 4.41. The number of ether oxygens (including phenoxy) is 1. The molecule has 2 N–H and O–H groups in total. The van der Waals surface area contributed by atoms with Crippen LogP contribution in [0.3, 0.4) is 0 Å². The maximum Gasteiger partial charge on any atom is 0.196 e. The molecule has 22 heavy (non-hydrogen) atoms. The van der Waals surface area contributed by atoms with Gasteiger partial charge in [0.1, 0.15) is 12.4 Å². The van der Waals surface area contributed by atoms with Crippen LogP contribution < -0.4 is 15.4 Å². The average Bonchev–Trinajstić information content (AvgIpc) is 2.56. The van der Waals surface area contributed by atoms with Crippen molar-refractivity contribution in [1.82, 2.24) is 5.32 Å². The molecule has 1 aliphatic heterocycles. The first-order valence-electron chi connectivity index (χ1n) is 6.94. The number of hydrogen-bond acceptors (Lipinski definition) is 4. The monoisotopic (exact) mass is 335 g/mol. The van der Waals surface area contributed by atoms with E-state index in [1.807, 2.05) is 36.4 Å². The molecule has 3 rings (SSSR count). The lowest BCUT2D eigenvalue weighted by molar-refractivity contribution is 0.322. The van der Waals surface area contributed by atoms with Gasteiger partial charge in [-0.1, -0.05) is 41.4 Å². The zero-order valence-corrected chi connectivity index (χ0v) is 13.3. The van der Waals surface area contributed by atoms with E-state index in [0.717, 1.165) is 17.0 Å². The van der Waals surface area contributed by atoms with E-state index in [-0.39, 0.29) is 0 Å². The highest BCUT2D eigenvalue weighted by molar-refractivity contribution is 6.42. The van der Waals surface area contributed by atoms with Crippen molar-refractivity contribution < 1.29 is 4.74 Å². The molecule has 0 aliphatic carbocycles. The minimum atomic E-state index is 0.504. The molecule has 0 atom stereocenters. The highest BCUT2D eigenvalue weighted by Gasteiger charge is 2.16. The van der Waals surface area contributed by atoms with Crippen LogP contribution in [0.15, 0.2) is 47.5 Å². The topological polar surface area (TPSA) is 45.7 Å². The summed E-state index contributed by atoms with van der Waals surface area (Å²) in [5.41, 5.74) is 1.84. The molecule has 2 aromatic rings. The van der Waals surface area contributed by atoms with E-state index in [4.69, 9.17) is 27.9 Å². The van der Waals surface area contributed by atoms with E-state index in [0.29, 0.717) is 35.7 Å². The summed E-state index contributed by atoms with van der Waals surface area (Å²) in [6.45, 7) is 1.71. The number of guanidine groups is 1. The molecule has 0 spiro atoms. The Bertz CT molecular complexity index is 689. The number of hydrogen-bond donors (Lipinski definition) is 2. The van der Waals surface area contributed by atoms with Gasteiger partial charge >= 0.3 is 0 Å². The van der Waals surface area contributed by atoms with Crippen molar-refractivity contribution >= 4 is 34.8 Å². The van der Waals surface area contributed by atoms with Gasteiger partial charge in [-0.25, -0.2) is 4.99 Å². The molecular formula is C16H15Cl2N3O. The summed E-state index contributed by atoms with van der Waals surface area (Å²) in [7, 11) is 0. The van der Waals surface area contributed by atoms with Gasteiger partial charge in [-0.3, -0.25) is 0 Å². The maximum atomic E-state index is 6.17. The number of nitrogens with zero attached hydrogens (tertiary/aromatic N) is 1. The number of halogens is 2. The third-order valence-electron chi connectivity index (χ3n) is 3.25. The van der Waals surface area contributed by atoms with Crippen LogP contribution in [0.5, 0.6) is 5.75 Å². The Kier molecular flexibility index (Phi) is 4.71. The molecule has 0 saturated carbocycles. The van der Waals surface area contributed by atoms with Crippen LogP contribution in [0, 0.1) is 0 Å². The van der Waals surface area contributed by atoms with Crippen LogP contribution in [0.4, 0.5) is 5.69 Å². The van der Waals surface area contributed by atoms with E-state index < -0.39 is 0 Å². The molecular weight excluding hydrogens is 321 g/mol. The van der Waals surface area contributed by atoms with Crippen LogP contribution in [0.25, 0.3) is 0 Å². The van der Waals surface area contributed by atoms with Crippen molar-refractivity contribution in [3.63, 3.8) is 0 Å². The van der Waals surface area contributed by atoms with Gasteiger partial charge in [0, 0.05) is 11.3 Å². The summed E-state index contributed by atoms with van der Waals surface area (Å²) in [6.07, 6.45) is 0. The predicted molar refractivity (Wildman–Crippen MR) is 91.2 cm³/mol. The molecule has 0 amide bonds. The van der Waals surface area contributed by atoms with Crippen molar-refractivity contribution in [2.75, 3.05) is 18.5 Å². The Labute approximate surface area is 139 Å². The van der Waals surface area contributed by atoms with Gasteiger partial charge in [0.25, 0.3) is 0 Å². The SMILES string of the molecule is Clc1ccc2c(c1Cl)CN=C(NCCOc1ccccc1)N2. The van der Waals surface area contributed by atoms with E-state index in [2.05, 4.69) is 15.6 Å². The molecule has 0 aromatic heterocycles. The van der Waals surface area contributed by atoms with Crippen molar-refractivity contribution in [2.24, 2.45) is 4.99 Å². The maximum absolute atomic E-state index is 6.17. The third kappa shape index (κ3) is 3.46. The van der Waals surface area contributed by atoms with E-state index in [1.165, 1.54) is 0 Å². The van der Waals surface area contributed by atoms with Gasteiger partial charge in [-0.2, -0.15) is 0 Å². The lowest BCUT2D eigenvalue weighted by Crippen LogP contribution is -2.35. The summed E-state index contributed by atoms with van der Waals surface area (Å²) in [5, 5.41) is 7.51. The molecule has 0 fully saturated rings. The first kappa shape index (κ1) is 15.0. The highest BCUT2D eigenvalue weighted by atomic mass is 35.5. The van der Waals surface area contributed by atoms with Gasteiger partial charge in [-0.15, -0.1) is 0 Å². The molecule has 1 aliphatic rings. The molecule has 0 radical (unpaired) electrons. The largest absolute Gasteiger partial charge is 0.492 e. The minimum Gasteiger partial charge on any atom is -0.492 e. The zero-order chi connectivity index (χ0) is 15.4. The second kappa shape index (κ2) is 6.90. The van der Waals surface area contributed by atoms with Crippen LogP contribution >= 0.6 is 23.2 Å². The number of para-hydroxylation sites is 1. The Morgan fingerprint density at radius 1 is 1.14 bits per heavy atom. The molecule has 0 saturated heterocycles. The van der Waals surface area contributed by atoms with Crippen LogP contribution in [-0.4, -0.2) is 19.1 Å². The molecule has 0 unspecified atom stereocenters. The number of rotatable bonds is 4. The van der Waals surface area contributed by atoms with Crippen molar-refractivity contribution in [2.45, 2.75) is 6.54 Å². The number of aliphatic imine (C=N–C) groups is 1. The Morgan fingerprint density at radius 3 is 2.77 bits per heavy atom. The number of anilines is 1. The third-order valence-corrected chi connectivity index (χ3v) is 4.09. The van der Waals surface area contributed by atoms with Crippen LogP contribution in [0.2, 0.25) is 10.0 Å². The Morgan fingerprint density at radius 2 is 1.95 bits per heavy atom. The summed E-state index contributed by atoms with van der Waals surface area (Å²) >= 11 is 12.2. The van der Waals surface area contributed by atoms with Crippen LogP contribution in [-0.2, 0) is 6.54 Å². The normalized spacial score (nSPS) is 12.9. The highest BCUT2D eigenvalue weighted by Crippen LogP contribution is 2.33. The fourth-order valence-electron chi connectivity index (χ4n) is 2.14. The minimum absolute atomic E-state index is 0.504. The lowest BCUT2D eigenvalue weighted by Gasteiger charge is -2.20.